The number of benzene rings is 4. The summed E-state index contributed by atoms with van der Waals surface area (Å²) in [6.07, 6.45) is 1.84. The van der Waals surface area contributed by atoms with Gasteiger partial charge in [-0.05, 0) is 63.9 Å². The molecule has 3 heterocycles. The molecule has 7 aromatic rings. The first-order valence-corrected chi connectivity index (χ1v) is 14.2. The first-order chi connectivity index (χ1) is 20.8. The number of nitrogens with zero attached hydrogens (tertiary/aromatic N) is 4. The minimum atomic E-state index is -1.07. The molecule has 0 unspecified atom stereocenters. The van der Waals surface area contributed by atoms with E-state index >= 15 is 0 Å². The number of carbonyl (C=O) groups is 1. The van der Waals surface area contributed by atoms with Crippen molar-refractivity contribution in [1.82, 2.24) is 19.5 Å². The van der Waals surface area contributed by atoms with E-state index in [-0.39, 0.29) is 32.2 Å². The van der Waals surface area contributed by atoms with Crippen LogP contribution in [0.15, 0.2) is 115 Å². The molecular weight excluding hydrogens is 728 g/mol. The molecule has 0 atom stereocenters. The van der Waals surface area contributed by atoms with E-state index in [1.165, 1.54) is 11.6 Å². The third-order valence-corrected chi connectivity index (χ3v) is 7.84. The van der Waals surface area contributed by atoms with Gasteiger partial charge in [0.05, 0.1) is 16.7 Å². The van der Waals surface area contributed by atoms with Gasteiger partial charge in [-0.25, -0.2) is 14.8 Å². The Labute approximate surface area is 269 Å². The molecule has 0 saturated heterocycles. The molecule has 0 radical (unpaired) electrons. The molecule has 44 heavy (non-hydrogen) atoms. The summed E-state index contributed by atoms with van der Waals surface area (Å²) in [7, 11) is 0. The van der Waals surface area contributed by atoms with Gasteiger partial charge in [-0.3, -0.25) is 4.57 Å². The van der Waals surface area contributed by atoms with Crippen molar-refractivity contribution in [3.8, 4) is 39.5 Å². The zero-order valence-electron chi connectivity index (χ0n) is 24.4. The maximum absolute atomic E-state index is 11.7. The van der Waals surface area contributed by atoms with Gasteiger partial charge in [-0.15, -0.1) is 5.52 Å². The second-order valence-corrected chi connectivity index (χ2v) is 11.7. The van der Waals surface area contributed by atoms with Crippen molar-refractivity contribution in [1.29, 1.82) is 0 Å². The molecule has 220 valence electrons. The van der Waals surface area contributed by atoms with E-state index < -0.39 is 5.97 Å². The van der Waals surface area contributed by atoms with Crippen LogP contribution in [0.25, 0.3) is 61.4 Å². The number of rotatable bonds is 5. The SMILES string of the molecule is CC(C)(C)c1cc(-c2nc3c(-c4cccc(C(=O)O)n4)cccc3n2-c2cccc(-c3ccccc3)c2)c2[n-]ccc2c1.[Pt]. The van der Waals surface area contributed by atoms with Crippen LogP contribution in [0, 0.1) is 0 Å². The Morgan fingerprint density at radius 1 is 0.773 bits per heavy atom. The number of aromatic nitrogens is 4. The Morgan fingerprint density at radius 2 is 1.52 bits per heavy atom. The Balaban J connectivity index is 0.00000343. The molecule has 7 rings (SSSR count). The second-order valence-electron chi connectivity index (χ2n) is 11.7. The van der Waals surface area contributed by atoms with Crippen LogP contribution < -0.4 is 4.98 Å². The topological polar surface area (TPSA) is 82.1 Å². The zero-order valence-corrected chi connectivity index (χ0v) is 26.7. The van der Waals surface area contributed by atoms with Crippen LogP contribution in [0.3, 0.4) is 0 Å². The molecule has 6 nitrogen and oxygen atoms in total. The van der Waals surface area contributed by atoms with Gasteiger partial charge >= 0.3 is 5.97 Å². The fourth-order valence-electron chi connectivity index (χ4n) is 5.63. The predicted molar refractivity (Wildman–Crippen MR) is 172 cm³/mol. The molecule has 4 aromatic carbocycles. The molecule has 0 bridgehead atoms. The monoisotopic (exact) mass is 756 g/mol. The average molecular weight is 757 g/mol. The predicted octanol–water partition coefficient (Wildman–Crippen LogP) is 8.53. The number of para-hydroxylation sites is 1. The fourth-order valence-corrected chi connectivity index (χ4v) is 5.63. The third-order valence-electron chi connectivity index (χ3n) is 7.84. The van der Waals surface area contributed by atoms with E-state index in [1.54, 1.807) is 6.07 Å². The molecule has 0 amide bonds. The number of fused-ring (bicyclic) bond motifs is 2. The quantitative estimate of drug-likeness (QED) is 0.191. The number of hydrogen-bond donors (Lipinski definition) is 1. The van der Waals surface area contributed by atoms with Crippen LogP contribution >= 0.6 is 0 Å². The summed E-state index contributed by atoms with van der Waals surface area (Å²) in [5.74, 6) is -0.307. The smallest absolute Gasteiger partial charge is 0.354 e. The summed E-state index contributed by atoms with van der Waals surface area (Å²) in [5, 5.41) is 10.7. The van der Waals surface area contributed by atoms with Crippen molar-refractivity contribution >= 4 is 27.9 Å². The van der Waals surface area contributed by atoms with Gasteiger partial charge in [0.25, 0.3) is 0 Å². The van der Waals surface area contributed by atoms with Gasteiger partial charge in [-0.1, -0.05) is 93.6 Å². The number of hydrogen-bond acceptors (Lipinski definition) is 3. The van der Waals surface area contributed by atoms with Crippen LogP contribution in [-0.4, -0.2) is 25.6 Å². The molecule has 0 spiro atoms. The average Bonchev–Trinajstić information content (AvgIpc) is 3.66. The minimum Gasteiger partial charge on any atom is -0.663 e. The first-order valence-electron chi connectivity index (χ1n) is 14.2. The van der Waals surface area contributed by atoms with Crippen molar-refractivity contribution in [2.75, 3.05) is 0 Å². The fraction of sp³-hybridized carbons (Fsp3) is 0.108. The molecule has 0 aliphatic carbocycles. The molecule has 0 aliphatic heterocycles. The Morgan fingerprint density at radius 3 is 2.30 bits per heavy atom. The van der Waals surface area contributed by atoms with Crippen molar-refractivity contribution in [2.24, 2.45) is 0 Å². The Kier molecular flexibility index (Phi) is 7.56. The maximum Gasteiger partial charge on any atom is 0.354 e. The summed E-state index contributed by atoms with van der Waals surface area (Å²) >= 11 is 0. The Hall–Kier alpha value is -4.80. The van der Waals surface area contributed by atoms with E-state index in [9.17, 15) is 9.90 Å². The van der Waals surface area contributed by atoms with Gasteiger partial charge in [0.2, 0.25) is 0 Å². The van der Waals surface area contributed by atoms with Crippen molar-refractivity contribution in [3.05, 3.63) is 127 Å². The third kappa shape index (κ3) is 5.16. The van der Waals surface area contributed by atoms with E-state index in [1.807, 2.05) is 48.7 Å². The molecule has 0 aliphatic rings. The normalized spacial score (nSPS) is 11.5. The summed E-state index contributed by atoms with van der Waals surface area (Å²) in [4.78, 5) is 26.3. The number of imidazole rings is 1. The largest absolute Gasteiger partial charge is 0.663 e. The summed E-state index contributed by atoms with van der Waals surface area (Å²) in [5.41, 5.74) is 9.04. The van der Waals surface area contributed by atoms with Gasteiger partial charge in [0.1, 0.15) is 11.5 Å². The first kappa shape index (κ1) is 29.3. The van der Waals surface area contributed by atoms with Gasteiger partial charge in [0, 0.05) is 37.9 Å². The van der Waals surface area contributed by atoms with Crippen LogP contribution in [0.4, 0.5) is 0 Å². The van der Waals surface area contributed by atoms with E-state index in [0.717, 1.165) is 55.7 Å². The number of carboxylic acid groups (broad SMARTS) is 1. The van der Waals surface area contributed by atoms with Crippen molar-refractivity contribution in [2.45, 2.75) is 26.2 Å². The van der Waals surface area contributed by atoms with Crippen molar-refractivity contribution < 1.29 is 31.0 Å². The van der Waals surface area contributed by atoms with Crippen molar-refractivity contribution in [3.63, 3.8) is 0 Å². The summed E-state index contributed by atoms with van der Waals surface area (Å²) < 4.78 is 2.18. The van der Waals surface area contributed by atoms with Gasteiger partial charge < -0.3 is 10.1 Å². The molecule has 1 N–H and O–H groups in total. The zero-order chi connectivity index (χ0) is 29.7. The van der Waals surface area contributed by atoms with Gasteiger partial charge in [0.15, 0.2) is 0 Å². The minimum absolute atomic E-state index is 0. The van der Waals surface area contributed by atoms with Gasteiger partial charge in [-0.2, -0.15) is 6.20 Å². The number of carboxylic acids is 1. The summed E-state index contributed by atoms with van der Waals surface area (Å²) in [6, 6.07) is 36.2. The van der Waals surface area contributed by atoms with Crippen LogP contribution in [0.1, 0.15) is 36.8 Å². The Bertz CT molecular complexity index is 2160. The second kappa shape index (κ2) is 11.4. The molecule has 3 aromatic heterocycles. The standard InChI is InChI=1S/C37H30N4O2.Pt/c1-37(2,3)26-20-25-18-19-38-33(25)29(22-26)35-40-34-28(30-15-9-16-31(39-30)36(42)43)14-8-17-32(34)41(35)27-13-7-12-24(21-27)23-10-5-4-6-11-23;/h4-22H,1-3H3,(H2,38,39,40,42,43);/p-1. The molecule has 7 heteroatoms. The number of pyridine rings is 1. The van der Waals surface area contributed by atoms with E-state index in [0.29, 0.717) is 5.69 Å². The van der Waals surface area contributed by atoms with E-state index in [4.69, 9.17) is 9.97 Å². The maximum atomic E-state index is 11.7. The van der Waals surface area contributed by atoms with Crippen LogP contribution in [-0.2, 0) is 26.5 Å². The summed E-state index contributed by atoms with van der Waals surface area (Å²) in [6.45, 7) is 6.62. The molecular formula is C37H29N4O2Pt-. The van der Waals surface area contributed by atoms with Crippen LogP contribution in [0.5, 0.6) is 0 Å². The molecule has 0 fully saturated rings. The molecule has 0 saturated carbocycles. The van der Waals surface area contributed by atoms with Crippen LogP contribution in [0.2, 0.25) is 0 Å². The van der Waals surface area contributed by atoms with E-state index in [2.05, 4.69) is 84.9 Å². The number of aromatic carboxylic acids is 1.